The molecule has 0 aromatic heterocycles. The molecule has 1 fully saturated rings. The van der Waals surface area contributed by atoms with Crippen LogP contribution in [0.25, 0.3) is 0 Å². The molecule has 0 saturated heterocycles. The number of phenols is 1. The van der Waals surface area contributed by atoms with Crippen LogP contribution >= 0.6 is 0 Å². The van der Waals surface area contributed by atoms with Crippen LogP contribution in [0, 0.1) is 0 Å². The van der Waals surface area contributed by atoms with E-state index < -0.39 is 0 Å². The van der Waals surface area contributed by atoms with Crippen LogP contribution < -0.4 is 17.2 Å². The van der Waals surface area contributed by atoms with Crippen molar-refractivity contribution in [2.75, 3.05) is 5.73 Å². The largest absolute Gasteiger partial charge is 0.508 e. The maximum Gasteiger partial charge on any atom is 0.117 e. The van der Waals surface area contributed by atoms with E-state index in [0.29, 0.717) is 17.8 Å². The molecule has 1 saturated carbocycles. The molecule has 0 radical (unpaired) electrons. The fourth-order valence-electron chi connectivity index (χ4n) is 1.58. The summed E-state index contributed by atoms with van der Waals surface area (Å²) in [4.78, 5) is 0. The first-order valence-electron chi connectivity index (χ1n) is 5.13. The zero-order valence-electron chi connectivity index (χ0n) is 8.76. The highest BCUT2D eigenvalue weighted by Gasteiger charge is 2.16. The molecule has 0 aliphatic heterocycles. The Labute approximate surface area is 90.1 Å². The van der Waals surface area contributed by atoms with Crippen molar-refractivity contribution in [2.24, 2.45) is 11.5 Å². The monoisotopic (exact) mass is 209 g/mol. The van der Waals surface area contributed by atoms with Gasteiger partial charge in [0.1, 0.15) is 5.75 Å². The molecular formula is C11H19N3O. The van der Waals surface area contributed by atoms with Crippen LogP contribution in [0.15, 0.2) is 24.3 Å². The van der Waals surface area contributed by atoms with Gasteiger partial charge in [0, 0.05) is 23.8 Å². The SMILES string of the molecule is N[C@@H]1CC[C@H](N)C1.Nc1cccc(O)c1. The highest BCUT2D eigenvalue weighted by Crippen LogP contribution is 2.14. The number of benzene rings is 1. The number of hydrogen-bond acceptors (Lipinski definition) is 4. The molecular weight excluding hydrogens is 190 g/mol. The van der Waals surface area contributed by atoms with Crippen molar-refractivity contribution in [3.8, 4) is 5.75 Å². The number of nitrogens with two attached hydrogens (primary N) is 3. The minimum Gasteiger partial charge on any atom is -0.508 e. The Bertz CT molecular complexity index is 278. The number of rotatable bonds is 0. The lowest BCUT2D eigenvalue weighted by Crippen LogP contribution is -2.20. The van der Waals surface area contributed by atoms with E-state index >= 15 is 0 Å². The molecule has 4 nitrogen and oxygen atoms in total. The van der Waals surface area contributed by atoms with Crippen LogP contribution in [-0.2, 0) is 0 Å². The zero-order valence-corrected chi connectivity index (χ0v) is 8.76. The van der Waals surface area contributed by atoms with E-state index in [4.69, 9.17) is 22.3 Å². The lowest BCUT2D eigenvalue weighted by atomic mass is 10.2. The molecule has 2 atom stereocenters. The summed E-state index contributed by atoms with van der Waals surface area (Å²) in [5.74, 6) is 0.213. The normalized spacial score (nSPS) is 24.4. The van der Waals surface area contributed by atoms with Crippen LogP contribution in [0.2, 0.25) is 0 Å². The molecule has 0 heterocycles. The fourth-order valence-corrected chi connectivity index (χ4v) is 1.58. The summed E-state index contributed by atoms with van der Waals surface area (Å²) in [7, 11) is 0. The zero-order chi connectivity index (χ0) is 11.3. The van der Waals surface area contributed by atoms with E-state index in [1.807, 2.05) is 0 Å². The van der Waals surface area contributed by atoms with Crippen LogP contribution in [-0.4, -0.2) is 17.2 Å². The average molecular weight is 209 g/mol. The van der Waals surface area contributed by atoms with Crippen molar-refractivity contribution in [1.82, 2.24) is 0 Å². The maximum atomic E-state index is 8.73. The van der Waals surface area contributed by atoms with Crippen molar-refractivity contribution in [3.63, 3.8) is 0 Å². The van der Waals surface area contributed by atoms with Gasteiger partial charge in [-0.1, -0.05) is 6.07 Å². The van der Waals surface area contributed by atoms with Crippen LogP contribution in [0.1, 0.15) is 19.3 Å². The second kappa shape index (κ2) is 5.58. The summed E-state index contributed by atoms with van der Waals surface area (Å²) in [6, 6.07) is 7.30. The number of nitrogen functional groups attached to an aromatic ring is 1. The molecule has 4 heteroatoms. The summed E-state index contributed by atoms with van der Waals surface area (Å²) in [6.45, 7) is 0. The van der Waals surface area contributed by atoms with E-state index in [2.05, 4.69) is 0 Å². The molecule has 1 aromatic carbocycles. The van der Waals surface area contributed by atoms with Gasteiger partial charge in [-0.3, -0.25) is 0 Å². The van der Waals surface area contributed by atoms with Crippen molar-refractivity contribution in [1.29, 1.82) is 0 Å². The Kier molecular flexibility index (Phi) is 4.39. The first-order valence-corrected chi connectivity index (χ1v) is 5.13. The standard InChI is InChI=1S/C6H7NO.C5H12N2/c7-5-2-1-3-6(8)4-5;6-4-1-2-5(7)3-4/h1-4,8H,7H2;4-5H,1-3,6-7H2/t;4-,5+. The first kappa shape index (κ1) is 11.8. The lowest BCUT2D eigenvalue weighted by Gasteiger charge is -1.97. The average Bonchev–Trinajstić information content (AvgIpc) is 2.50. The van der Waals surface area contributed by atoms with Gasteiger partial charge in [-0.05, 0) is 31.4 Å². The third-order valence-electron chi connectivity index (χ3n) is 2.38. The Hall–Kier alpha value is -1.26. The Morgan fingerprint density at radius 3 is 2.00 bits per heavy atom. The lowest BCUT2D eigenvalue weighted by molar-refractivity contribution is 0.475. The van der Waals surface area contributed by atoms with Gasteiger partial charge in [0.2, 0.25) is 0 Å². The van der Waals surface area contributed by atoms with Crippen LogP contribution in [0.4, 0.5) is 5.69 Å². The van der Waals surface area contributed by atoms with Gasteiger partial charge >= 0.3 is 0 Å². The Balaban J connectivity index is 0.000000151. The number of phenolic OH excluding ortho intramolecular Hbond substituents is 1. The second-order valence-corrected chi connectivity index (χ2v) is 3.93. The molecule has 7 N–H and O–H groups in total. The molecule has 1 aliphatic carbocycles. The minimum atomic E-state index is 0.213. The first-order chi connectivity index (χ1) is 7.08. The summed E-state index contributed by atoms with van der Waals surface area (Å²) < 4.78 is 0. The third kappa shape index (κ3) is 4.67. The molecule has 0 unspecified atom stereocenters. The number of aromatic hydroxyl groups is 1. The van der Waals surface area contributed by atoms with Gasteiger partial charge in [0.15, 0.2) is 0 Å². The molecule has 84 valence electrons. The quantitative estimate of drug-likeness (QED) is 0.475. The summed E-state index contributed by atoms with van der Waals surface area (Å²) in [6.07, 6.45) is 3.28. The predicted octanol–water partition coefficient (Wildman–Crippen LogP) is 0.799. The second-order valence-electron chi connectivity index (χ2n) is 3.93. The summed E-state index contributed by atoms with van der Waals surface area (Å²) in [5.41, 5.74) is 17.0. The molecule has 2 rings (SSSR count). The van der Waals surface area contributed by atoms with Gasteiger partial charge < -0.3 is 22.3 Å². The fraction of sp³-hybridized carbons (Fsp3) is 0.455. The maximum absolute atomic E-state index is 8.73. The van der Waals surface area contributed by atoms with E-state index in [0.717, 1.165) is 19.3 Å². The molecule has 15 heavy (non-hydrogen) atoms. The van der Waals surface area contributed by atoms with E-state index in [1.54, 1.807) is 18.2 Å². The highest BCUT2D eigenvalue weighted by atomic mass is 16.3. The summed E-state index contributed by atoms with van der Waals surface area (Å²) in [5, 5.41) is 8.73. The molecule has 0 amide bonds. The molecule has 1 aromatic rings. The van der Waals surface area contributed by atoms with Gasteiger partial charge in [0.05, 0.1) is 0 Å². The topological polar surface area (TPSA) is 98.3 Å². The Morgan fingerprint density at radius 1 is 1.13 bits per heavy atom. The smallest absolute Gasteiger partial charge is 0.117 e. The van der Waals surface area contributed by atoms with Crippen molar-refractivity contribution >= 4 is 5.69 Å². The molecule has 0 spiro atoms. The van der Waals surface area contributed by atoms with Gasteiger partial charge in [-0.25, -0.2) is 0 Å². The molecule has 1 aliphatic rings. The molecule has 0 bridgehead atoms. The minimum absolute atomic E-state index is 0.213. The van der Waals surface area contributed by atoms with Crippen molar-refractivity contribution in [2.45, 2.75) is 31.3 Å². The van der Waals surface area contributed by atoms with E-state index in [1.165, 1.54) is 6.07 Å². The third-order valence-corrected chi connectivity index (χ3v) is 2.38. The van der Waals surface area contributed by atoms with Crippen LogP contribution in [0.3, 0.4) is 0 Å². The van der Waals surface area contributed by atoms with Gasteiger partial charge in [-0.15, -0.1) is 0 Å². The highest BCUT2D eigenvalue weighted by molar-refractivity contribution is 5.42. The van der Waals surface area contributed by atoms with E-state index in [9.17, 15) is 0 Å². The van der Waals surface area contributed by atoms with Gasteiger partial charge in [-0.2, -0.15) is 0 Å². The summed E-state index contributed by atoms with van der Waals surface area (Å²) >= 11 is 0. The van der Waals surface area contributed by atoms with E-state index in [-0.39, 0.29) is 5.75 Å². The number of anilines is 1. The van der Waals surface area contributed by atoms with Crippen LogP contribution in [0.5, 0.6) is 5.75 Å². The Morgan fingerprint density at radius 2 is 1.73 bits per heavy atom. The predicted molar refractivity (Wildman–Crippen MR) is 62.3 cm³/mol. The number of hydrogen-bond donors (Lipinski definition) is 4. The van der Waals surface area contributed by atoms with Gasteiger partial charge in [0.25, 0.3) is 0 Å². The van der Waals surface area contributed by atoms with Crippen molar-refractivity contribution < 1.29 is 5.11 Å². The van der Waals surface area contributed by atoms with Crippen molar-refractivity contribution in [3.05, 3.63) is 24.3 Å².